The minimum Gasteiger partial charge on any atom is -0.492 e. The molecule has 1 aromatic rings. The molecule has 0 aromatic heterocycles. The normalized spacial score (nSPS) is 12.2. The van der Waals surface area contributed by atoms with Crippen molar-refractivity contribution in [2.75, 3.05) is 26.7 Å². The van der Waals surface area contributed by atoms with E-state index in [1.165, 1.54) is 7.05 Å². The van der Waals surface area contributed by atoms with Gasteiger partial charge in [0.15, 0.2) is 5.96 Å². The predicted molar refractivity (Wildman–Crippen MR) is 86.6 cm³/mol. The molecule has 9 heteroatoms. The highest BCUT2D eigenvalue weighted by Crippen LogP contribution is 2.27. The monoisotopic (exact) mass is 371 g/mol. The van der Waals surface area contributed by atoms with Gasteiger partial charge in [-0.3, -0.25) is 4.99 Å². The van der Waals surface area contributed by atoms with Gasteiger partial charge < -0.3 is 15.4 Å². The summed E-state index contributed by atoms with van der Waals surface area (Å²) in [5.41, 5.74) is 0. The zero-order valence-electron chi connectivity index (χ0n) is 12.5. The predicted octanol–water partition coefficient (Wildman–Crippen LogP) is 3.88. The molecule has 0 aliphatic rings. The minimum atomic E-state index is -4.18. The molecule has 0 amide bonds. The number of hydrogen-bond donors (Lipinski definition) is 2. The minimum absolute atomic E-state index is 0.222. The third-order valence-corrected chi connectivity index (χ3v) is 3.22. The zero-order chi connectivity index (χ0) is 17.3. The van der Waals surface area contributed by atoms with Crippen LogP contribution >= 0.6 is 23.2 Å². The Balaban J connectivity index is 2.20. The number of benzene rings is 1. The third-order valence-electron chi connectivity index (χ3n) is 2.69. The van der Waals surface area contributed by atoms with Gasteiger partial charge in [0.05, 0.1) is 18.1 Å². The molecule has 2 N–H and O–H groups in total. The number of nitrogens with one attached hydrogen (secondary N) is 2. The Labute approximate surface area is 143 Å². The van der Waals surface area contributed by atoms with Crippen LogP contribution in [0.1, 0.15) is 12.8 Å². The van der Waals surface area contributed by atoms with Gasteiger partial charge in [0.25, 0.3) is 0 Å². The smallest absolute Gasteiger partial charge is 0.390 e. The molecule has 0 radical (unpaired) electrons. The average Bonchev–Trinajstić information content (AvgIpc) is 2.45. The van der Waals surface area contributed by atoms with Crippen molar-refractivity contribution in [2.24, 2.45) is 4.99 Å². The van der Waals surface area contributed by atoms with Gasteiger partial charge in [-0.2, -0.15) is 13.2 Å². The summed E-state index contributed by atoms with van der Waals surface area (Å²) in [7, 11) is 1.49. The van der Waals surface area contributed by atoms with E-state index in [1.54, 1.807) is 18.2 Å². The molecule has 0 unspecified atom stereocenters. The standard InChI is InChI=1S/C14H18Cl2F3N3O/c1-20-13(22-7-5-14(17,18)19)21-6-2-8-23-12-4-3-10(15)9-11(12)16/h3-4,9H,2,5-8H2,1H3,(H2,20,21,22). The van der Waals surface area contributed by atoms with E-state index in [1.807, 2.05) is 0 Å². The Hall–Kier alpha value is -1.34. The molecule has 0 bridgehead atoms. The van der Waals surface area contributed by atoms with E-state index in [9.17, 15) is 13.2 Å². The van der Waals surface area contributed by atoms with Crippen molar-refractivity contribution in [1.29, 1.82) is 0 Å². The van der Waals surface area contributed by atoms with Crippen LogP contribution in [0.25, 0.3) is 0 Å². The first-order chi connectivity index (χ1) is 10.8. The average molecular weight is 372 g/mol. The Morgan fingerprint density at radius 3 is 2.52 bits per heavy atom. The van der Waals surface area contributed by atoms with Gasteiger partial charge in [0, 0.05) is 25.2 Å². The second-order valence-corrected chi connectivity index (χ2v) is 5.41. The highest BCUT2D eigenvalue weighted by Gasteiger charge is 2.26. The van der Waals surface area contributed by atoms with Crippen LogP contribution in [0.3, 0.4) is 0 Å². The number of alkyl halides is 3. The summed E-state index contributed by atoms with van der Waals surface area (Å²) in [6.45, 7) is 0.671. The summed E-state index contributed by atoms with van der Waals surface area (Å²) in [4.78, 5) is 3.84. The molecule has 0 spiro atoms. The van der Waals surface area contributed by atoms with Crippen LogP contribution in [0.15, 0.2) is 23.2 Å². The lowest BCUT2D eigenvalue weighted by atomic mass is 10.3. The summed E-state index contributed by atoms with van der Waals surface area (Å²) < 4.78 is 41.6. The summed E-state index contributed by atoms with van der Waals surface area (Å²) in [6.07, 6.45) is -4.47. The Kier molecular flexibility index (Phi) is 8.33. The van der Waals surface area contributed by atoms with Gasteiger partial charge in [0.2, 0.25) is 0 Å². The highest BCUT2D eigenvalue weighted by molar-refractivity contribution is 6.35. The second-order valence-electron chi connectivity index (χ2n) is 4.57. The first-order valence-electron chi connectivity index (χ1n) is 6.91. The maximum atomic E-state index is 12.0. The van der Waals surface area contributed by atoms with E-state index in [-0.39, 0.29) is 6.54 Å². The van der Waals surface area contributed by atoms with E-state index >= 15 is 0 Å². The molecule has 0 saturated heterocycles. The van der Waals surface area contributed by atoms with Crippen molar-refractivity contribution in [1.82, 2.24) is 10.6 Å². The van der Waals surface area contributed by atoms with Crippen LogP contribution in [0.2, 0.25) is 10.0 Å². The van der Waals surface area contributed by atoms with E-state index < -0.39 is 12.6 Å². The van der Waals surface area contributed by atoms with Crippen LogP contribution in [0, 0.1) is 0 Å². The van der Waals surface area contributed by atoms with Crippen LogP contribution in [-0.2, 0) is 0 Å². The highest BCUT2D eigenvalue weighted by atomic mass is 35.5. The Bertz CT molecular complexity index is 524. The fourth-order valence-corrected chi connectivity index (χ4v) is 2.06. The lowest BCUT2D eigenvalue weighted by molar-refractivity contribution is -0.132. The molecule has 0 fully saturated rings. The molecule has 130 valence electrons. The number of ether oxygens (including phenoxy) is 1. The number of nitrogens with zero attached hydrogens (tertiary/aromatic N) is 1. The van der Waals surface area contributed by atoms with E-state index in [0.717, 1.165) is 0 Å². The molecule has 0 aliphatic carbocycles. The molecular weight excluding hydrogens is 354 g/mol. The molecule has 0 atom stereocenters. The van der Waals surface area contributed by atoms with E-state index in [0.29, 0.717) is 41.3 Å². The fourth-order valence-electron chi connectivity index (χ4n) is 1.60. The van der Waals surface area contributed by atoms with Gasteiger partial charge in [-0.1, -0.05) is 23.2 Å². The second kappa shape index (κ2) is 9.72. The largest absolute Gasteiger partial charge is 0.492 e. The van der Waals surface area contributed by atoms with Crippen molar-refractivity contribution in [3.8, 4) is 5.75 Å². The van der Waals surface area contributed by atoms with Crippen LogP contribution < -0.4 is 15.4 Å². The van der Waals surface area contributed by atoms with Crippen molar-refractivity contribution in [3.05, 3.63) is 28.2 Å². The first-order valence-corrected chi connectivity index (χ1v) is 7.66. The molecule has 1 rings (SSSR count). The lowest BCUT2D eigenvalue weighted by Crippen LogP contribution is -2.39. The van der Waals surface area contributed by atoms with Crippen LogP contribution in [0.5, 0.6) is 5.75 Å². The summed E-state index contributed by atoms with van der Waals surface area (Å²) in [6, 6.07) is 4.94. The summed E-state index contributed by atoms with van der Waals surface area (Å²) in [5, 5.41) is 6.45. The van der Waals surface area contributed by atoms with Gasteiger partial charge in [-0.05, 0) is 24.6 Å². The van der Waals surface area contributed by atoms with E-state index in [4.69, 9.17) is 27.9 Å². The quantitative estimate of drug-likeness (QED) is 0.434. The van der Waals surface area contributed by atoms with E-state index in [2.05, 4.69) is 15.6 Å². The summed E-state index contributed by atoms with van der Waals surface area (Å²) >= 11 is 11.7. The van der Waals surface area contributed by atoms with Crippen LogP contribution in [-0.4, -0.2) is 38.9 Å². The number of rotatable bonds is 7. The topological polar surface area (TPSA) is 45.7 Å². The molecular formula is C14H18Cl2F3N3O. The molecule has 23 heavy (non-hydrogen) atoms. The molecule has 0 heterocycles. The maximum absolute atomic E-state index is 12.0. The van der Waals surface area contributed by atoms with Crippen molar-refractivity contribution in [2.45, 2.75) is 19.0 Å². The van der Waals surface area contributed by atoms with Gasteiger partial charge in [0.1, 0.15) is 5.75 Å². The molecule has 0 saturated carbocycles. The zero-order valence-corrected chi connectivity index (χ0v) is 14.0. The lowest BCUT2D eigenvalue weighted by Gasteiger charge is -2.13. The Morgan fingerprint density at radius 2 is 1.91 bits per heavy atom. The van der Waals surface area contributed by atoms with Gasteiger partial charge in [-0.15, -0.1) is 0 Å². The number of aliphatic imine (C=N–C) groups is 1. The van der Waals surface area contributed by atoms with Crippen molar-refractivity contribution >= 4 is 29.2 Å². The fraction of sp³-hybridized carbons (Fsp3) is 0.500. The third kappa shape index (κ3) is 8.76. The SMILES string of the molecule is CN=C(NCCCOc1ccc(Cl)cc1Cl)NCCC(F)(F)F. The summed E-state index contributed by atoms with van der Waals surface area (Å²) in [5.74, 6) is 0.850. The van der Waals surface area contributed by atoms with Gasteiger partial charge >= 0.3 is 6.18 Å². The molecule has 1 aromatic carbocycles. The molecule has 0 aliphatic heterocycles. The Morgan fingerprint density at radius 1 is 1.22 bits per heavy atom. The molecule has 4 nitrogen and oxygen atoms in total. The number of hydrogen-bond acceptors (Lipinski definition) is 2. The first kappa shape index (κ1) is 19.7. The maximum Gasteiger partial charge on any atom is 0.390 e. The van der Waals surface area contributed by atoms with Crippen LogP contribution in [0.4, 0.5) is 13.2 Å². The number of halogens is 5. The van der Waals surface area contributed by atoms with Crippen molar-refractivity contribution in [3.63, 3.8) is 0 Å². The van der Waals surface area contributed by atoms with Gasteiger partial charge in [-0.25, -0.2) is 0 Å². The number of guanidine groups is 1. The van der Waals surface area contributed by atoms with Crippen molar-refractivity contribution < 1.29 is 17.9 Å².